The number of thioether (sulfide) groups is 1. The zero-order valence-electron chi connectivity index (χ0n) is 18.1. The zero-order valence-corrected chi connectivity index (χ0v) is 24.7. The van der Waals surface area contributed by atoms with Gasteiger partial charge in [-0.1, -0.05) is 6.07 Å². The molecular formula is C19H18NNa2O6PS2. The Morgan fingerprint density at radius 2 is 1.71 bits per heavy atom. The maximum atomic E-state index is 11.1. The van der Waals surface area contributed by atoms with Gasteiger partial charge in [0.1, 0.15) is 13.6 Å². The molecule has 0 amide bonds. The van der Waals surface area contributed by atoms with Crippen molar-refractivity contribution in [2.24, 2.45) is 0 Å². The van der Waals surface area contributed by atoms with E-state index in [1.54, 1.807) is 26.5 Å². The van der Waals surface area contributed by atoms with E-state index in [9.17, 15) is 14.4 Å². The Balaban J connectivity index is 0.00000240. The molecule has 31 heavy (non-hydrogen) atoms. The van der Waals surface area contributed by atoms with Gasteiger partial charge in [-0.05, 0) is 60.1 Å². The van der Waals surface area contributed by atoms with E-state index in [0.717, 1.165) is 16.7 Å². The quantitative estimate of drug-likeness (QED) is 0.205. The van der Waals surface area contributed by atoms with Gasteiger partial charge >= 0.3 is 59.1 Å². The number of hydrogen-bond donors (Lipinski definition) is 0. The van der Waals surface area contributed by atoms with Crippen molar-refractivity contribution in [2.45, 2.75) is 11.8 Å². The Labute approximate surface area is 233 Å². The summed E-state index contributed by atoms with van der Waals surface area (Å²) in [5.74, 6) is 1.24. The number of hydrogen-bond acceptors (Lipinski definition) is 9. The topological polar surface area (TPSA) is 104 Å². The second-order valence-corrected chi connectivity index (χ2v) is 8.56. The third-order valence-electron chi connectivity index (χ3n) is 4.19. The van der Waals surface area contributed by atoms with Crippen LogP contribution in [-0.4, -0.2) is 24.8 Å². The first-order chi connectivity index (χ1) is 13.8. The molecule has 0 aliphatic rings. The molecule has 0 aliphatic carbocycles. The van der Waals surface area contributed by atoms with Gasteiger partial charge in [0.15, 0.2) is 11.5 Å². The fraction of sp³-hybridized carbons (Fsp3) is 0.211. The number of phosphoric ester groups is 1. The number of methoxy groups -OCH3 is 2. The molecule has 7 nitrogen and oxygen atoms in total. The number of benzene rings is 2. The maximum absolute atomic E-state index is 11.1. The summed E-state index contributed by atoms with van der Waals surface area (Å²) in [5, 5.41) is 1.85. The van der Waals surface area contributed by atoms with Gasteiger partial charge in [-0.15, -0.1) is 11.8 Å². The van der Waals surface area contributed by atoms with Crippen molar-refractivity contribution in [2.75, 3.05) is 20.5 Å². The van der Waals surface area contributed by atoms with Crippen LogP contribution in [0.3, 0.4) is 0 Å². The normalized spacial score (nSPS) is 10.6. The van der Waals surface area contributed by atoms with E-state index >= 15 is 0 Å². The summed E-state index contributed by atoms with van der Waals surface area (Å²) < 4.78 is 31.1. The summed E-state index contributed by atoms with van der Waals surface area (Å²) in [6.45, 7) is 1.91. The van der Waals surface area contributed by atoms with Gasteiger partial charge in [0.2, 0.25) is 0 Å². The van der Waals surface area contributed by atoms with Gasteiger partial charge in [0.25, 0.3) is 0 Å². The third-order valence-corrected chi connectivity index (χ3v) is 6.02. The van der Waals surface area contributed by atoms with Crippen LogP contribution in [0.25, 0.3) is 22.4 Å². The van der Waals surface area contributed by atoms with Crippen LogP contribution in [0.1, 0.15) is 5.56 Å². The van der Waals surface area contributed by atoms with Gasteiger partial charge in [0.05, 0.1) is 19.9 Å². The van der Waals surface area contributed by atoms with E-state index in [0.29, 0.717) is 27.7 Å². The van der Waals surface area contributed by atoms with E-state index in [4.69, 9.17) is 9.47 Å². The molecule has 0 spiro atoms. The molecule has 3 rings (SSSR count). The molecule has 0 unspecified atom stereocenters. The van der Waals surface area contributed by atoms with E-state index in [2.05, 4.69) is 8.90 Å². The monoisotopic (exact) mass is 497 g/mol. The number of nitrogens with zero attached hydrogens (tertiary/aromatic N) is 1. The van der Waals surface area contributed by atoms with Gasteiger partial charge < -0.3 is 28.3 Å². The van der Waals surface area contributed by atoms with E-state index < -0.39 is 7.82 Å². The average Bonchev–Trinajstić information content (AvgIpc) is 3.15. The summed E-state index contributed by atoms with van der Waals surface area (Å²) in [6, 6.07) is 8.86. The minimum absolute atomic E-state index is 0. The van der Waals surface area contributed by atoms with E-state index in [1.807, 2.05) is 30.5 Å². The summed E-state index contributed by atoms with van der Waals surface area (Å²) in [4.78, 5) is 22.8. The van der Waals surface area contributed by atoms with Crippen molar-refractivity contribution in [3.8, 4) is 39.6 Å². The van der Waals surface area contributed by atoms with Crippen molar-refractivity contribution in [1.82, 2.24) is 4.37 Å². The molecule has 2 aromatic carbocycles. The Morgan fingerprint density at radius 1 is 1.03 bits per heavy atom. The van der Waals surface area contributed by atoms with Gasteiger partial charge in [-0.25, -0.2) is 0 Å². The molecule has 0 saturated carbocycles. The van der Waals surface area contributed by atoms with Gasteiger partial charge in [-0.3, -0.25) is 0 Å². The smallest absolute Gasteiger partial charge is 0.780 e. The molecule has 0 atom stereocenters. The summed E-state index contributed by atoms with van der Waals surface area (Å²) in [6.07, 6.45) is 1.77. The third kappa shape index (κ3) is 6.98. The van der Waals surface area contributed by atoms with Crippen molar-refractivity contribution in [3.63, 3.8) is 0 Å². The largest absolute Gasteiger partial charge is 1.00 e. The molecule has 0 aliphatic heterocycles. The minimum Gasteiger partial charge on any atom is -0.780 e. The molecule has 12 heteroatoms. The molecule has 1 aromatic heterocycles. The minimum atomic E-state index is -5.18. The Bertz CT molecular complexity index is 1090. The summed E-state index contributed by atoms with van der Waals surface area (Å²) in [7, 11) is -2.03. The molecule has 0 bridgehead atoms. The SMILES string of the molecule is COc1cc(-c2nscc2-c2ccc(SC)c(OP(=O)([O-])[O-])c2)cc(C)c1OC.[Na+].[Na+]. The molecule has 0 radical (unpaired) electrons. The Hall–Kier alpha value is -0.0300. The van der Waals surface area contributed by atoms with Crippen LogP contribution in [0.2, 0.25) is 0 Å². The van der Waals surface area contributed by atoms with Gasteiger partial charge in [0, 0.05) is 21.4 Å². The Morgan fingerprint density at radius 3 is 2.29 bits per heavy atom. The number of rotatable bonds is 7. The first-order valence-electron chi connectivity index (χ1n) is 8.34. The number of phosphoric acid groups is 1. The standard InChI is InChI=1S/C19H20NO6PS2.2Na/c1-11-7-13(9-16(24-2)19(11)25-3)18-14(10-29-20-18)12-5-6-17(28-4)15(8-12)26-27(21,22)23;;/h5-10H,1-4H3,(H2,21,22,23);;/q;2*+1/p-2. The zero-order chi connectivity index (χ0) is 21.2. The number of aromatic nitrogens is 1. The van der Waals surface area contributed by atoms with Crippen LogP contribution in [0.5, 0.6) is 17.2 Å². The second-order valence-electron chi connectivity index (χ2n) is 6.01. The van der Waals surface area contributed by atoms with Crippen molar-refractivity contribution in [1.29, 1.82) is 0 Å². The average molecular weight is 497 g/mol. The predicted molar refractivity (Wildman–Crippen MR) is 111 cm³/mol. The van der Waals surface area contributed by atoms with Crippen molar-refractivity contribution in [3.05, 3.63) is 41.3 Å². The fourth-order valence-corrected chi connectivity index (χ4v) is 4.65. The number of aryl methyl sites for hydroxylation is 1. The molecule has 3 aromatic rings. The molecule has 0 N–H and O–H groups in total. The molecule has 1 heterocycles. The van der Waals surface area contributed by atoms with Crippen LogP contribution in [0.15, 0.2) is 40.6 Å². The fourth-order valence-electron chi connectivity index (χ4n) is 2.98. The van der Waals surface area contributed by atoms with E-state index in [-0.39, 0.29) is 64.9 Å². The van der Waals surface area contributed by atoms with E-state index in [1.165, 1.54) is 29.4 Å². The van der Waals surface area contributed by atoms with Crippen molar-refractivity contribution < 1.29 is 87.5 Å². The first-order valence-corrected chi connectivity index (χ1v) is 11.9. The molecule has 0 fully saturated rings. The van der Waals surface area contributed by atoms with Crippen LogP contribution in [0.4, 0.5) is 0 Å². The maximum Gasteiger partial charge on any atom is 1.00 e. The predicted octanol–water partition coefficient (Wildman–Crippen LogP) is -2.26. The second kappa shape index (κ2) is 12.4. The van der Waals surface area contributed by atoms with Crippen LogP contribution >= 0.6 is 31.1 Å². The van der Waals surface area contributed by atoms with Crippen LogP contribution < -0.4 is 82.9 Å². The van der Waals surface area contributed by atoms with Crippen LogP contribution in [0, 0.1) is 6.92 Å². The number of ether oxygens (including phenoxy) is 2. The summed E-state index contributed by atoms with van der Waals surface area (Å²) in [5.41, 5.74) is 3.88. The first kappa shape index (κ1) is 29.0. The summed E-state index contributed by atoms with van der Waals surface area (Å²) >= 11 is 2.55. The van der Waals surface area contributed by atoms with Crippen molar-refractivity contribution >= 4 is 31.1 Å². The molecular weight excluding hydrogens is 479 g/mol. The van der Waals surface area contributed by atoms with Crippen LogP contribution in [-0.2, 0) is 4.57 Å². The molecule has 154 valence electrons. The van der Waals surface area contributed by atoms with Gasteiger partial charge in [-0.2, -0.15) is 4.37 Å². The molecule has 0 saturated heterocycles. The Kier molecular flexibility index (Phi) is 11.6.